The molecule has 0 amide bonds. The maximum absolute atomic E-state index is 11.1. The summed E-state index contributed by atoms with van der Waals surface area (Å²) < 4.78 is 5.09. The van der Waals surface area contributed by atoms with Crippen LogP contribution in [0.15, 0.2) is 12.1 Å². The predicted octanol–water partition coefficient (Wildman–Crippen LogP) is 1.78. The summed E-state index contributed by atoms with van der Waals surface area (Å²) in [5.41, 5.74) is 5.62. The Hall–Kier alpha value is -2.11. The Labute approximate surface area is 92.2 Å². The van der Waals surface area contributed by atoms with Gasteiger partial charge in [0.25, 0.3) is 0 Å². The number of nitro groups is 1. The molecule has 2 N–H and O–H groups in total. The van der Waals surface area contributed by atoms with Crippen molar-refractivity contribution in [2.24, 2.45) is 0 Å². The van der Waals surface area contributed by atoms with E-state index < -0.39 is 4.92 Å². The lowest BCUT2D eigenvalue weighted by Gasteiger charge is -2.08. The van der Waals surface area contributed by atoms with Crippen LogP contribution in [0.2, 0.25) is 0 Å². The molecule has 1 aromatic carbocycles. The topological polar surface area (TPSA) is 95.5 Å². The SMILES string of the molecule is CCOc1c(N)cc(C(C)=O)cc1[N+](=O)[O-]. The molecule has 0 radical (unpaired) electrons. The zero-order chi connectivity index (χ0) is 12.3. The number of nitro benzene ring substituents is 1. The molecule has 0 saturated heterocycles. The lowest BCUT2D eigenvalue weighted by molar-refractivity contribution is -0.385. The van der Waals surface area contributed by atoms with Gasteiger partial charge >= 0.3 is 5.69 Å². The van der Waals surface area contributed by atoms with Gasteiger partial charge in [-0.2, -0.15) is 0 Å². The first-order valence-corrected chi connectivity index (χ1v) is 4.69. The van der Waals surface area contributed by atoms with Gasteiger partial charge in [-0.05, 0) is 19.9 Å². The largest absolute Gasteiger partial charge is 0.486 e. The molecule has 1 rings (SSSR count). The number of hydrogen-bond donors (Lipinski definition) is 1. The third-order valence-corrected chi connectivity index (χ3v) is 1.99. The summed E-state index contributed by atoms with van der Waals surface area (Å²) in [6, 6.07) is 2.55. The van der Waals surface area contributed by atoms with Gasteiger partial charge in [0.2, 0.25) is 5.75 Å². The van der Waals surface area contributed by atoms with Crippen molar-refractivity contribution >= 4 is 17.2 Å². The molecule has 0 saturated carbocycles. The molecule has 0 aliphatic carbocycles. The van der Waals surface area contributed by atoms with Crippen LogP contribution in [0.25, 0.3) is 0 Å². The second kappa shape index (κ2) is 4.61. The Morgan fingerprint density at radius 1 is 1.56 bits per heavy atom. The highest BCUT2D eigenvalue weighted by Gasteiger charge is 2.20. The maximum Gasteiger partial charge on any atom is 0.313 e. The van der Waals surface area contributed by atoms with E-state index in [1.807, 2.05) is 0 Å². The molecule has 0 spiro atoms. The molecule has 0 bridgehead atoms. The molecule has 0 atom stereocenters. The highest BCUT2D eigenvalue weighted by Crippen LogP contribution is 2.34. The molecule has 0 aromatic heterocycles. The number of nitrogens with zero attached hydrogens (tertiary/aromatic N) is 1. The van der Waals surface area contributed by atoms with Gasteiger partial charge in [-0.15, -0.1) is 0 Å². The highest BCUT2D eigenvalue weighted by atomic mass is 16.6. The number of hydrogen-bond acceptors (Lipinski definition) is 5. The van der Waals surface area contributed by atoms with Gasteiger partial charge in [0.1, 0.15) is 0 Å². The van der Waals surface area contributed by atoms with Gasteiger partial charge in [0.15, 0.2) is 5.78 Å². The van der Waals surface area contributed by atoms with Crippen LogP contribution in [0.3, 0.4) is 0 Å². The van der Waals surface area contributed by atoms with Crippen molar-refractivity contribution in [3.8, 4) is 5.75 Å². The highest BCUT2D eigenvalue weighted by molar-refractivity contribution is 5.96. The minimum Gasteiger partial charge on any atom is -0.486 e. The molecule has 0 unspecified atom stereocenters. The van der Waals surface area contributed by atoms with Gasteiger partial charge in [-0.25, -0.2) is 0 Å². The molecule has 0 aliphatic heterocycles. The van der Waals surface area contributed by atoms with Crippen molar-refractivity contribution in [3.05, 3.63) is 27.8 Å². The Morgan fingerprint density at radius 3 is 2.62 bits per heavy atom. The predicted molar refractivity (Wildman–Crippen MR) is 58.7 cm³/mol. The van der Waals surface area contributed by atoms with E-state index in [0.717, 1.165) is 0 Å². The first kappa shape index (κ1) is 12.0. The second-order valence-electron chi connectivity index (χ2n) is 3.16. The molecule has 0 fully saturated rings. The first-order chi connectivity index (χ1) is 7.47. The first-order valence-electron chi connectivity index (χ1n) is 4.69. The van der Waals surface area contributed by atoms with Gasteiger partial charge < -0.3 is 10.5 Å². The second-order valence-corrected chi connectivity index (χ2v) is 3.16. The van der Waals surface area contributed by atoms with E-state index in [1.165, 1.54) is 19.1 Å². The fourth-order valence-corrected chi connectivity index (χ4v) is 1.28. The van der Waals surface area contributed by atoms with Gasteiger partial charge in [-0.1, -0.05) is 0 Å². The van der Waals surface area contributed by atoms with Crippen LogP contribution in [0.5, 0.6) is 5.75 Å². The van der Waals surface area contributed by atoms with Crippen molar-refractivity contribution in [1.29, 1.82) is 0 Å². The number of Topliss-reactive ketones (excluding diaryl/α,β-unsaturated/α-hetero) is 1. The summed E-state index contributed by atoms with van der Waals surface area (Å²) in [6.45, 7) is 3.28. The molecule has 6 nitrogen and oxygen atoms in total. The average molecular weight is 224 g/mol. The van der Waals surface area contributed by atoms with E-state index in [0.29, 0.717) is 0 Å². The molecule has 86 valence electrons. The molecule has 1 aromatic rings. The third-order valence-electron chi connectivity index (χ3n) is 1.99. The zero-order valence-electron chi connectivity index (χ0n) is 9.02. The molecular formula is C10H12N2O4. The quantitative estimate of drug-likeness (QED) is 0.364. The van der Waals surface area contributed by atoms with Gasteiger partial charge in [-0.3, -0.25) is 14.9 Å². The average Bonchev–Trinajstić information content (AvgIpc) is 2.20. The Kier molecular flexibility index (Phi) is 3.44. The summed E-state index contributed by atoms with van der Waals surface area (Å²) in [7, 11) is 0. The minimum atomic E-state index is -0.617. The molecule has 0 aliphatic rings. The van der Waals surface area contributed by atoms with Crippen LogP contribution >= 0.6 is 0 Å². The molecular weight excluding hydrogens is 212 g/mol. The standard InChI is InChI=1S/C10H12N2O4/c1-3-16-10-8(11)4-7(6(2)13)5-9(10)12(14)15/h4-5H,3,11H2,1-2H3. The van der Waals surface area contributed by atoms with E-state index in [9.17, 15) is 14.9 Å². The van der Waals surface area contributed by atoms with Crippen LogP contribution in [0.4, 0.5) is 11.4 Å². The summed E-state index contributed by atoms with van der Waals surface area (Å²) in [5, 5.41) is 10.8. The molecule has 6 heteroatoms. The number of ketones is 1. The Bertz CT molecular complexity index is 443. The number of ether oxygens (including phenoxy) is 1. The molecule has 16 heavy (non-hydrogen) atoms. The van der Waals surface area contributed by atoms with Crippen LogP contribution in [-0.2, 0) is 0 Å². The van der Waals surface area contributed by atoms with Crippen LogP contribution < -0.4 is 10.5 Å². The number of carbonyl (C=O) groups excluding carboxylic acids is 1. The van der Waals surface area contributed by atoms with Gasteiger partial charge in [0.05, 0.1) is 17.2 Å². The number of nitrogen functional groups attached to an aromatic ring is 1. The fourth-order valence-electron chi connectivity index (χ4n) is 1.28. The zero-order valence-corrected chi connectivity index (χ0v) is 9.02. The van der Waals surface area contributed by atoms with Crippen molar-refractivity contribution < 1.29 is 14.5 Å². The number of carbonyl (C=O) groups is 1. The van der Waals surface area contributed by atoms with E-state index in [-0.39, 0.29) is 35.1 Å². The van der Waals surface area contributed by atoms with E-state index >= 15 is 0 Å². The Morgan fingerprint density at radius 2 is 2.19 bits per heavy atom. The van der Waals surface area contributed by atoms with Crippen LogP contribution in [-0.4, -0.2) is 17.3 Å². The Balaban J connectivity index is 3.39. The monoisotopic (exact) mass is 224 g/mol. The summed E-state index contributed by atoms with van der Waals surface area (Å²) in [5.74, 6) is -0.268. The fraction of sp³-hybridized carbons (Fsp3) is 0.300. The van der Waals surface area contributed by atoms with E-state index in [4.69, 9.17) is 10.5 Å². The van der Waals surface area contributed by atoms with Crippen LogP contribution in [0, 0.1) is 10.1 Å². The summed E-state index contributed by atoms with van der Waals surface area (Å²) in [4.78, 5) is 21.3. The lowest BCUT2D eigenvalue weighted by atomic mass is 10.1. The smallest absolute Gasteiger partial charge is 0.313 e. The van der Waals surface area contributed by atoms with Crippen molar-refractivity contribution in [1.82, 2.24) is 0 Å². The number of nitrogens with two attached hydrogens (primary N) is 1. The third kappa shape index (κ3) is 2.28. The lowest BCUT2D eigenvalue weighted by Crippen LogP contribution is -2.04. The molecule has 0 heterocycles. The number of rotatable bonds is 4. The normalized spacial score (nSPS) is 9.88. The summed E-state index contributed by atoms with van der Waals surface area (Å²) >= 11 is 0. The summed E-state index contributed by atoms with van der Waals surface area (Å²) in [6.07, 6.45) is 0. The van der Waals surface area contributed by atoms with Crippen molar-refractivity contribution in [3.63, 3.8) is 0 Å². The van der Waals surface area contributed by atoms with Crippen molar-refractivity contribution in [2.75, 3.05) is 12.3 Å². The van der Waals surface area contributed by atoms with Crippen LogP contribution in [0.1, 0.15) is 24.2 Å². The van der Waals surface area contributed by atoms with E-state index in [2.05, 4.69) is 0 Å². The maximum atomic E-state index is 11.1. The van der Waals surface area contributed by atoms with Gasteiger partial charge in [0, 0.05) is 11.6 Å². The van der Waals surface area contributed by atoms with E-state index in [1.54, 1.807) is 6.92 Å². The minimum absolute atomic E-state index is 0.0116. The number of benzene rings is 1. The number of anilines is 1. The van der Waals surface area contributed by atoms with Crippen molar-refractivity contribution in [2.45, 2.75) is 13.8 Å².